The summed E-state index contributed by atoms with van der Waals surface area (Å²) in [5.74, 6) is -0.00131. The number of fused-ring (bicyclic) bond motifs is 1. The second-order valence-corrected chi connectivity index (χ2v) is 6.21. The van der Waals surface area contributed by atoms with Crippen LogP contribution in [0.15, 0.2) is 52.9 Å². The molecule has 0 aliphatic heterocycles. The number of nitrogens with zero attached hydrogens (tertiary/aromatic N) is 3. The van der Waals surface area contributed by atoms with E-state index in [0.29, 0.717) is 11.3 Å². The highest BCUT2D eigenvalue weighted by atomic mass is 16.6. The minimum atomic E-state index is -0.761. The van der Waals surface area contributed by atoms with Crippen molar-refractivity contribution in [1.29, 1.82) is 0 Å². The minimum absolute atomic E-state index is 0.120. The normalized spacial score (nSPS) is 11.9. The third-order valence-corrected chi connectivity index (χ3v) is 4.50. The molecule has 1 heterocycles. The van der Waals surface area contributed by atoms with E-state index < -0.39 is 33.2 Å². The van der Waals surface area contributed by atoms with E-state index in [9.17, 15) is 25.0 Å². The molecule has 9 heteroatoms. The Morgan fingerprint density at radius 3 is 2.21 bits per heavy atom. The number of furan rings is 1. The van der Waals surface area contributed by atoms with Gasteiger partial charge in [-0.25, -0.2) is 0 Å². The second kappa shape index (κ2) is 7.47. The van der Waals surface area contributed by atoms with Gasteiger partial charge in [0.25, 0.3) is 17.3 Å². The maximum absolute atomic E-state index is 13.0. The topological polar surface area (TPSA) is 120 Å². The van der Waals surface area contributed by atoms with Crippen molar-refractivity contribution >= 4 is 28.3 Å². The van der Waals surface area contributed by atoms with Gasteiger partial charge in [0.1, 0.15) is 11.3 Å². The highest BCUT2D eigenvalue weighted by Crippen LogP contribution is 2.30. The van der Waals surface area contributed by atoms with E-state index in [4.69, 9.17) is 4.42 Å². The molecule has 9 nitrogen and oxygen atoms in total. The first-order valence-electron chi connectivity index (χ1n) is 8.55. The number of carbonyl (C=O) groups excluding carboxylic acids is 1. The van der Waals surface area contributed by atoms with Crippen molar-refractivity contribution in [2.45, 2.75) is 19.9 Å². The maximum Gasteiger partial charge on any atom is 0.277 e. The standard InChI is InChI=1S/C19H17N3O6/c1-3-20(12(2)18-10-13-6-4-5-7-17(13)28-18)19(23)14-8-15(21(24)25)11-16(9-14)22(26)27/h4-12H,3H2,1-2H3. The minimum Gasteiger partial charge on any atom is -0.459 e. The summed E-state index contributed by atoms with van der Waals surface area (Å²) in [7, 11) is 0. The lowest BCUT2D eigenvalue weighted by Crippen LogP contribution is -2.33. The van der Waals surface area contributed by atoms with Crippen LogP contribution in [0.2, 0.25) is 0 Å². The maximum atomic E-state index is 13.0. The predicted molar refractivity (Wildman–Crippen MR) is 101 cm³/mol. The molecule has 0 aliphatic rings. The monoisotopic (exact) mass is 383 g/mol. The summed E-state index contributed by atoms with van der Waals surface area (Å²) < 4.78 is 5.81. The quantitative estimate of drug-likeness (QED) is 0.457. The highest BCUT2D eigenvalue weighted by molar-refractivity contribution is 5.96. The van der Waals surface area contributed by atoms with Crippen molar-refractivity contribution in [3.63, 3.8) is 0 Å². The van der Waals surface area contributed by atoms with Gasteiger partial charge in [-0.15, -0.1) is 0 Å². The van der Waals surface area contributed by atoms with E-state index in [0.717, 1.165) is 23.6 Å². The van der Waals surface area contributed by atoms with Crippen LogP contribution in [0.3, 0.4) is 0 Å². The number of hydrogen-bond acceptors (Lipinski definition) is 6. The van der Waals surface area contributed by atoms with Crippen LogP contribution in [0.5, 0.6) is 0 Å². The summed E-state index contributed by atoms with van der Waals surface area (Å²) in [6.07, 6.45) is 0. The lowest BCUT2D eigenvalue weighted by atomic mass is 10.1. The average molecular weight is 383 g/mol. The Kier molecular flexibility index (Phi) is 5.08. The summed E-state index contributed by atoms with van der Waals surface area (Å²) in [4.78, 5) is 35.1. The van der Waals surface area contributed by atoms with Gasteiger partial charge in [-0.3, -0.25) is 25.0 Å². The molecule has 0 radical (unpaired) electrons. The zero-order valence-corrected chi connectivity index (χ0v) is 15.2. The number of rotatable bonds is 6. The molecule has 1 aromatic heterocycles. The van der Waals surface area contributed by atoms with Gasteiger partial charge in [0, 0.05) is 24.1 Å². The molecule has 28 heavy (non-hydrogen) atoms. The van der Waals surface area contributed by atoms with E-state index in [1.807, 2.05) is 30.3 Å². The summed E-state index contributed by atoms with van der Waals surface area (Å²) in [6.45, 7) is 3.81. The van der Waals surface area contributed by atoms with Gasteiger partial charge in [0.15, 0.2) is 0 Å². The Labute approximate surface area is 159 Å². The van der Waals surface area contributed by atoms with E-state index in [2.05, 4.69) is 0 Å². The molecule has 0 saturated heterocycles. The molecular weight excluding hydrogens is 366 g/mol. The molecular formula is C19H17N3O6. The molecule has 0 spiro atoms. The van der Waals surface area contributed by atoms with Gasteiger partial charge < -0.3 is 9.32 Å². The molecule has 0 saturated carbocycles. The zero-order valence-electron chi connectivity index (χ0n) is 15.2. The number of nitro benzene ring substituents is 2. The molecule has 1 unspecified atom stereocenters. The van der Waals surface area contributed by atoms with Crippen LogP contribution < -0.4 is 0 Å². The van der Waals surface area contributed by atoms with Gasteiger partial charge in [-0.05, 0) is 26.0 Å². The van der Waals surface area contributed by atoms with Crippen LogP contribution in [0.4, 0.5) is 11.4 Å². The Balaban J connectivity index is 1.98. The molecule has 2 aromatic carbocycles. The summed E-state index contributed by atoms with van der Waals surface area (Å²) in [6, 6.07) is 11.7. The average Bonchev–Trinajstić information content (AvgIpc) is 3.12. The van der Waals surface area contributed by atoms with Crippen LogP contribution >= 0.6 is 0 Å². The summed E-state index contributed by atoms with van der Waals surface area (Å²) in [5.41, 5.74) is -0.459. The largest absolute Gasteiger partial charge is 0.459 e. The predicted octanol–water partition coefficient (Wildman–Crippen LogP) is 4.47. The fourth-order valence-electron chi connectivity index (χ4n) is 3.05. The molecule has 0 N–H and O–H groups in total. The molecule has 0 bridgehead atoms. The molecule has 3 aromatic rings. The Morgan fingerprint density at radius 1 is 1.07 bits per heavy atom. The van der Waals surface area contributed by atoms with Crippen LogP contribution in [0.1, 0.15) is 36.0 Å². The number of para-hydroxylation sites is 1. The van der Waals surface area contributed by atoms with Gasteiger partial charge in [-0.2, -0.15) is 0 Å². The molecule has 3 rings (SSSR count). The molecule has 0 fully saturated rings. The van der Waals surface area contributed by atoms with Crippen molar-refractivity contribution in [3.05, 3.63) is 80.1 Å². The number of nitro groups is 2. The van der Waals surface area contributed by atoms with Crippen molar-refractivity contribution in [2.75, 3.05) is 6.54 Å². The van der Waals surface area contributed by atoms with Crippen molar-refractivity contribution in [1.82, 2.24) is 4.90 Å². The van der Waals surface area contributed by atoms with Crippen LogP contribution in [-0.4, -0.2) is 27.2 Å². The van der Waals surface area contributed by atoms with E-state index >= 15 is 0 Å². The summed E-state index contributed by atoms with van der Waals surface area (Å²) >= 11 is 0. The second-order valence-electron chi connectivity index (χ2n) is 6.21. The Bertz CT molecular complexity index is 1010. The zero-order chi connectivity index (χ0) is 20.4. The number of amides is 1. The SMILES string of the molecule is CCN(C(=O)c1cc([N+](=O)[O-])cc([N+](=O)[O-])c1)C(C)c1cc2ccccc2o1. The first kappa shape index (κ1) is 19.0. The van der Waals surface area contributed by atoms with Crippen molar-refractivity contribution < 1.29 is 19.1 Å². The fourth-order valence-corrected chi connectivity index (χ4v) is 3.05. The fraction of sp³-hybridized carbons (Fsp3) is 0.211. The molecule has 0 aliphatic carbocycles. The lowest BCUT2D eigenvalue weighted by molar-refractivity contribution is -0.394. The van der Waals surface area contributed by atoms with Crippen LogP contribution in [0, 0.1) is 20.2 Å². The van der Waals surface area contributed by atoms with Gasteiger partial charge >= 0.3 is 0 Å². The van der Waals surface area contributed by atoms with Gasteiger partial charge in [0.05, 0.1) is 27.5 Å². The molecule has 144 valence electrons. The molecule has 1 amide bonds. The van der Waals surface area contributed by atoms with Gasteiger partial charge in [0.2, 0.25) is 0 Å². The van der Waals surface area contributed by atoms with Crippen LogP contribution in [0.25, 0.3) is 11.0 Å². The Hall–Kier alpha value is -3.75. The van der Waals surface area contributed by atoms with Crippen LogP contribution in [-0.2, 0) is 0 Å². The molecule has 1 atom stereocenters. The van der Waals surface area contributed by atoms with E-state index in [1.54, 1.807) is 13.8 Å². The Morgan fingerprint density at radius 2 is 1.68 bits per heavy atom. The third-order valence-electron chi connectivity index (χ3n) is 4.50. The number of hydrogen-bond donors (Lipinski definition) is 0. The lowest BCUT2D eigenvalue weighted by Gasteiger charge is -2.26. The van der Waals surface area contributed by atoms with Crippen molar-refractivity contribution in [3.8, 4) is 0 Å². The first-order valence-corrected chi connectivity index (χ1v) is 8.55. The smallest absolute Gasteiger partial charge is 0.277 e. The van der Waals surface area contributed by atoms with E-state index in [-0.39, 0.29) is 12.1 Å². The van der Waals surface area contributed by atoms with Crippen molar-refractivity contribution in [2.24, 2.45) is 0 Å². The highest BCUT2D eigenvalue weighted by Gasteiger charge is 2.27. The number of non-ortho nitro benzene ring substituents is 2. The summed E-state index contributed by atoms with van der Waals surface area (Å²) in [5, 5.41) is 23.1. The number of carbonyl (C=O) groups is 1. The van der Waals surface area contributed by atoms with Gasteiger partial charge in [-0.1, -0.05) is 18.2 Å². The first-order chi connectivity index (χ1) is 13.3. The number of benzene rings is 2. The van der Waals surface area contributed by atoms with E-state index in [1.165, 1.54) is 4.90 Å². The third kappa shape index (κ3) is 3.54.